The lowest BCUT2D eigenvalue weighted by atomic mass is 10.1. The Morgan fingerprint density at radius 1 is 1.44 bits per heavy atom. The number of nitrogens with zero attached hydrogens (tertiary/aromatic N) is 3. The second-order valence-corrected chi connectivity index (χ2v) is 6.11. The SMILES string of the molecule is C[C@@H](Cn1ccc(-c2ccc(C#N)c(Cl)c2)n1)NC(=O)c1cc[nH]c1. The monoisotopic (exact) mass is 353 g/mol. The highest BCUT2D eigenvalue weighted by Crippen LogP contribution is 2.24. The molecule has 0 fully saturated rings. The fourth-order valence-electron chi connectivity index (χ4n) is 2.48. The number of carbonyl (C=O) groups is 1. The topological polar surface area (TPSA) is 86.5 Å². The summed E-state index contributed by atoms with van der Waals surface area (Å²) in [5.74, 6) is -0.125. The Balaban J connectivity index is 1.66. The van der Waals surface area contributed by atoms with Crippen LogP contribution in [-0.2, 0) is 6.54 Å². The van der Waals surface area contributed by atoms with Crippen LogP contribution in [0.5, 0.6) is 0 Å². The van der Waals surface area contributed by atoms with E-state index in [0.717, 1.165) is 11.3 Å². The highest BCUT2D eigenvalue weighted by molar-refractivity contribution is 6.32. The molecule has 0 aliphatic carbocycles. The Morgan fingerprint density at radius 2 is 2.28 bits per heavy atom. The first-order valence-corrected chi connectivity index (χ1v) is 8.12. The van der Waals surface area contributed by atoms with Crippen molar-refractivity contribution in [2.45, 2.75) is 19.5 Å². The predicted octanol–water partition coefficient (Wildman–Crippen LogP) is 3.22. The quantitative estimate of drug-likeness (QED) is 0.738. The van der Waals surface area contributed by atoms with Gasteiger partial charge in [0.2, 0.25) is 0 Å². The average molecular weight is 354 g/mol. The van der Waals surface area contributed by atoms with Crippen LogP contribution in [0.15, 0.2) is 48.9 Å². The number of nitriles is 1. The van der Waals surface area contributed by atoms with Gasteiger partial charge in [-0.15, -0.1) is 0 Å². The number of amides is 1. The van der Waals surface area contributed by atoms with E-state index in [1.807, 2.05) is 31.3 Å². The van der Waals surface area contributed by atoms with Gasteiger partial charge in [0.15, 0.2) is 0 Å². The zero-order valence-corrected chi connectivity index (χ0v) is 14.3. The van der Waals surface area contributed by atoms with Gasteiger partial charge in [0.25, 0.3) is 5.91 Å². The van der Waals surface area contributed by atoms with Crippen molar-refractivity contribution in [3.8, 4) is 17.3 Å². The smallest absolute Gasteiger partial charge is 0.253 e. The minimum atomic E-state index is -0.125. The van der Waals surface area contributed by atoms with Crippen molar-refractivity contribution in [3.63, 3.8) is 0 Å². The Bertz CT molecular complexity index is 923. The Hall–Kier alpha value is -3.04. The number of aromatic nitrogens is 3. The zero-order valence-electron chi connectivity index (χ0n) is 13.5. The molecule has 25 heavy (non-hydrogen) atoms. The van der Waals surface area contributed by atoms with Gasteiger partial charge in [0.05, 0.1) is 28.4 Å². The molecule has 0 saturated heterocycles. The molecule has 0 bridgehead atoms. The Kier molecular flexibility index (Phi) is 4.87. The maximum Gasteiger partial charge on any atom is 0.253 e. The van der Waals surface area contributed by atoms with Gasteiger partial charge in [-0.2, -0.15) is 10.4 Å². The standard InChI is InChI=1S/C18H16ClN5O/c1-12(22-18(25)15-4-6-21-10-15)11-24-7-5-17(23-24)13-2-3-14(9-20)16(19)8-13/h2-8,10,12,21H,11H2,1H3,(H,22,25)/t12-/m0/s1. The van der Waals surface area contributed by atoms with Crippen molar-refractivity contribution in [1.29, 1.82) is 5.26 Å². The Morgan fingerprint density at radius 3 is 2.96 bits per heavy atom. The lowest BCUT2D eigenvalue weighted by molar-refractivity contribution is 0.0936. The van der Waals surface area contributed by atoms with Crippen molar-refractivity contribution in [2.24, 2.45) is 0 Å². The van der Waals surface area contributed by atoms with E-state index in [4.69, 9.17) is 16.9 Å². The van der Waals surface area contributed by atoms with Gasteiger partial charge in [0.1, 0.15) is 6.07 Å². The molecule has 1 aromatic carbocycles. The second kappa shape index (κ2) is 7.24. The lowest BCUT2D eigenvalue weighted by Crippen LogP contribution is -2.35. The van der Waals surface area contributed by atoms with Crippen molar-refractivity contribution < 1.29 is 4.79 Å². The number of hydrogen-bond acceptors (Lipinski definition) is 3. The molecule has 2 aromatic heterocycles. The number of aromatic amines is 1. The number of nitrogens with one attached hydrogen (secondary N) is 2. The molecule has 0 aliphatic heterocycles. The highest BCUT2D eigenvalue weighted by Gasteiger charge is 2.12. The van der Waals surface area contributed by atoms with E-state index in [1.54, 1.807) is 35.3 Å². The number of carbonyl (C=O) groups excluding carboxylic acids is 1. The molecule has 7 heteroatoms. The van der Waals surface area contributed by atoms with E-state index in [0.29, 0.717) is 22.7 Å². The van der Waals surface area contributed by atoms with Gasteiger partial charge in [-0.05, 0) is 31.2 Å². The highest BCUT2D eigenvalue weighted by atomic mass is 35.5. The summed E-state index contributed by atoms with van der Waals surface area (Å²) < 4.78 is 1.77. The molecular weight excluding hydrogens is 338 g/mol. The van der Waals surface area contributed by atoms with Crippen molar-refractivity contribution >= 4 is 17.5 Å². The fraction of sp³-hybridized carbons (Fsp3) is 0.167. The molecule has 0 radical (unpaired) electrons. The Labute approximate surface area is 150 Å². The van der Waals surface area contributed by atoms with Gasteiger partial charge >= 0.3 is 0 Å². The summed E-state index contributed by atoms with van der Waals surface area (Å²) in [4.78, 5) is 14.9. The number of rotatable bonds is 5. The van der Waals surface area contributed by atoms with Crippen LogP contribution in [0.4, 0.5) is 0 Å². The average Bonchev–Trinajstić information content (AvgIpc) is 3.26. The minimum absolute atomic E-state index is 0.0836. The maximum atomic E-state index is 12.0. The van der Waals surface area contributed by atoms with E-state index >= 15 is 0 Å². The van der Waals surface area contributed by atoms with Crippen LogP contribution in [-0.4, -0.2) is 26.7 Å². The molecule has 2 N–H and O–H groups in total. The number of benzene rings is 1. The third kappa shape index (κ3) is 3.90. The number of hydrogen-bond donors (Lipinski definition) is 2. The minimum Gasteiger partial charge on any atom is -0.367 e. The molecule has 2 heterocycles. The summed E-state index contributed by atoms with van der Waals surface area (Å²) in [5.41, 5.74) is 2.63. The van der Waals surface area contributed by atoms with Crippen LogP contribution in [0, 0.1) is 11.3 Å². The van der Waals surface area contributed by atoms with E-state index in [9.17, 15) is 4.79 Å². The first kappa shape index (κ1) is 16.8. The molecule has 0 spiro atoms. The second-order valence-electron chi connectivity index (χ2n) is 5.70. The molecule has 1 amide bonds. The van der Waals surface area contributed by atoms with Crippen molar-refractivity contribution in [2.75, 3.05) is 0 Å². The van der Waals surface area contributed by atoms with E-state index in [2.05, 4.69) is 15.4 Å². The molecule has 3 aromatic rings. The van der Waals surface area contributed by atoms with Crippen LogP contribution in [0.2, 0.25) is 5.02 Å². The van der Waals surface area contributed by atoms with E-state index < -0.39 is 0 Å². The van der Waals surface area contributed by atoms with Crippen LogP contribution < -0.4 is 5.32 Å². The largest absolute Gasteiger partial charge is 0.367 e. The molecular formula is C18H16ClN5O. The molecule has 3 rings (SSSR count). The number of halogens is 1. The van der Waals surface area contributed by atoms with Crippen LogP contribution in [0.3, 0.4) is 0 Å². The summed E-state index contributed by atoms with van der Waals surface area (Å²) in [7, 11) is 0. The predicted molar refractivity (Wildman–Crippen MR) is 95.1 cm³/mol. The van der Waals surface area contributed by atoms with Gasteiger partial charge in [-0.1, -0.05) is 17.7 Å². The van der Waals surface area contributed by atoms with E-state index in [1.165, 1.54) is 0 Å². The summed E-state index contributed by atoms with van der Waals surface area (Å²) >= 11 is 6.07. The molecule has 0 saturated carbocycles. The molecule has 126 valence electrons. The molecule has 6 nitrogen and oxygen atoms in total. The first-order valence-electron chi connectivity index (χ1n) is 7.74. The summed E-state index contributed by atoms with van der Waals surface area (Å²) in [6, 6.07) is 10.8. The van der Waals surface area contributed by atoms with E-state index in [-0.39, 0.29) is 11.9 Å². The van der Waals surface area contributed by atoms with Crippen LogP contribution >= 0.6 is 11.6 Å². The van der Waals surface area contributed by atoms with Crippen LogP contribution in [0.1, 0.15) is 22.8 Å². The summed E-state index contributed by atoms with van der Waals surface area (Å²) in [6.45, 7) is 2.46. The lowest BCUT2D eigenvalue weighted by Gasteiger charge is -2.13. The third-order valence-electron chi connectivity index (χ3n) is 3.72. The first-order chi connectivity index (χ1) is 12.1. The van der Waals surface area contributed by atoms with Crippen molar-refractivity contribution in [3.05, 3.63) is 65.1 Å². The molecule has 1 atom stereocenters. The van der Waals surface area contributed by atoms with Crippen molar-refractivity contribution in [1.82, 2.24) is 20.1 Å². The maximum absolute atomic E-state index is 12.0. The van der Waals surface area contributed by atoms with Gasteiger partial charge in [-0.25, -0.2) is 0 Å². The zero-order chi connectivity index (χ0) is 17.8. The summed E-state index contributed by atoms with van der Waals surface area (Å²) in [5, 5.41) is 16.8. The van der Waals surface area contributed by atoms with Gasteiger partial charge in [-0.3, -0.25) is 9.48 Å². The van der Waals surface area contributed by atoms with Crippen LogP contribution in [0.25, 0.3) is 11.3 Å². The van der Waals surface area contributed by atoms with Gasteiger partial charge < -0.3 is 10.3 Å². The molecule has 0 aliphatic rings. The summed E-state index contributed by atoms with van der Waals surface area (Å²) in [6.07, 6.45) is 5.21. The normalized spacial score (nSPS) is 11.7. The molecule has 0 unspecified atom stereocenters. The van der Waals surface area contributed by atoms with Gasteiger partial charge in [0, 0.05) is 30.2 Å². The fourth-order valence-corrected chi connectivity index (χ4v) is 2.70. The number of H-pyrrole nitrogens is 1. The third-order valence-corrected chi connectivity index (χ3v) is 4.04.